The van der Waals surface area contributed by atoms with E-state index >= 15 is 0 Å². The minimum atomic E-state index is -0.507. The standard InChI is InChI=1S/C18H18N4O6S/c1-26-13-4-3-11(9-14(13)27-2)12(23)10-29-18-21-20-16(28-18)6-8-22-7-5-15(24)19-17(22)25/h3-5,7,9H,6,8,10H2,1-2H3,(H,19,24,25). The van der Waals surface area contributed by atoms with Gasteiger partial charge in [0, 0.05) is 30.8 Å². The molecule has 0 atom stereocenters. The van der Waals surface area contributed by atoms with Gasteiger partial charge in [-0.3, -0.25) is 14.6 Å². The lowest BCUT2D eigenvalue weighted by atomic mass is 10.1. The maximum atomic E-state index is 12.4. The predicted octanol–water partition coefficient (Wildman–Crippen LogP) is 1.15. The van der Waals surface area contributed by atoms with Crippen LogP contribution in [0.15, 0.2) is 49.7 Å². The van der Waals surface area contributed by atoms with Crippen LogP contribution >= 0.6 is 11.8 Å². The van der Waals surface area contributed by atoms with Crippen molar-refractivity contribution in [2.45, 2.75) is 18.2 Å². The number of H-pyrrole nitrogens is 1. The highest BCUT2D eigenvalue weighted by Crippen LogP contribution is 2.28. The summed E-state index contributed by atoms with van der Waals surface area (Å²) >= 11 is 1.12. The van der Waals surface area contributed by atoms with E-state index in [1.807, 2.05) is 0 Å². The number of benzene rings is 1. The first-order valence-corrected chi connectivity index (χ1v) is 9.49. The Bertz CT molecular complexity index is 1120. The summed E-state index contributed by atoms with van der Waals surface area (Å²) in [7, 11) is 3.03. The van der Waals surface area contributed by atoms with Crippen molar-refractivity contribution in [3.05, 3.63) is 62.8 Å². The van der Waals surface area contributed by atoms with Crippen molar-refractivity contribution >= 4 is 17.5 Å². The van der Waals surface area contributed by atoms with Gasteiger partial charge in [0.2, 0.25) is 5.89 Å². The number of nitrogens with one attached hydrogen (secondary N) is 1. The van der Waals surface area contributed by atoms with Crippen molar-refractivity contribution in [2.75, 3.05) is 20.0 Å². The van der Waals surface area contributed by atoms with E-state index in [0.717, 1.165) is 11.8 Å². The average molecular weight is 418 g/mol. The number of aryl methyl sites for hydroxylation is 2. The van der Waals surface area contributed by atoms with Crippen LogP contribution in [0.3, 0.4) is 0 Å². The molecule has 0 aliphatic heterocycles. The monoisotopic (exact) mass is 418 g/mol. The van der Waals surface area contributed by atoms with Crippen molar-refractivity contribution in [3.8, 4) is 11.5 Å². The molecule has 0 saturated heterocycles. The van der Waals surface area contributed by atoms with Gasteiger partial charge in [0.15, 0.2) is 17.3 Å². The van der Waals surface area contributed by atoms with Crippen LogP contribution in [-0.2, 0) is 13.0 Å². The molecule has 0 radical (unpaired) electrons. The summed E-state index contributed by atoms with van der Waals surface area (Å²) < 4.78 is 17.2. The quantitative estimate of drug-likeness (QED) is 0.402. The van der Waals surface area contributed by atoms with Gasteiger partial charge in [-0.05, 0) is 18.2 Å². The highest BCUT2D eigenvalue weighted by molar-refractivity contribution is 7.99. The SMILES string of the molecule is COc1ccc(C(=O)CSc2nnc(CCn3ccc(=O)[nH]c3=O)o2)cc1OC. The molecule has 0 fully saturated rings. The lowest BCUT2D eigenvalue weighted by Gasteiger charge is -2.08. The molecule has 0 amide bonds. The second-order valence-electron chi connectivity index (χ2n) is 5.80. The van der Waals surface area contributed by atoms with Crippen LogP contribution in [0.1, 0.15) is 16.2 Å². The molecule has 0 spiro atoms. The summed E-state index contributed by atoms with van der Waals surface area (Å²) in [6, 6.07) is 6.20. The van der Waals surface area contributed by atoms with Crippen molar-refractivity contribution in [2.24, 2.45) is 0 Å². The fourth-order valence-corrected chi connectivity index (χ4v) is 3.13. The highest BCUT2D eigenvalue weighted by Gasteiger charge is 2.14. The minimum absolute atomic E-state index is 0.108. The van der Waals surface area contributed by atoms with E-state index in [1.165, 1.54) is 31.0 Å². The number of rotatable bonds is 9. The number of nitrogens with zero attached hydrogens (tertiary/aromatic N) is 3. The van der Waals surface area contributed by atoms with Gasteiger partial charge < -0.3 is 18.5 Å². The third kappa shape index (κ3) is 5.13. The first-order chi connectivity index (χ1) is 14.0. The number of Topliss-reactive ketones (excluding diaryl/α,β-unsaturated/α-hetero) is 1. The maximum Gasteiger partial charge on any atom is 0.328 e. The number of thioether (sulfide) groups is 1. The molecule has 3 aromatic rings. The van der Waals surface area contributed by atoms with Crippen molar-refractivity contribution in [1.82, 2.24) is 19.7 Å². The molecule has 10 nitrogen and oxygen atoms in total. The molecule has 2 heterocycles. The topological polar surface area (TPSA) is 129 Å². The second kappa shape index (κ2) is 9.24. The molecule has 2 aromatic heterocycles. The van der Waals surface area contributed by atoms with E-state index in [4.69, 9.17) is 13.9 Å². The lowest BCUT2D eigenvalue weighted by Crippen LogP contribution is -2.29. The molecule has 29 heavy (non-hydrogen) atoms. The number of methoxy groups -OCH3 is 2. The molecule has 1 N–H and O–H groups in total. The average Bonchev–Trinajstić information content (AvgIpc) is 3.18. The number of ether oxygens (including phenoxy) is 2. The molecular weight excluding hydrogens is 400 g/mol. The second-order valence-corrected chi connectivity index (χ2v) is 6.72. The van der Waals surface area contributed by atoms with Gasteiger partial charge in [0.1, 0.15) is 0 Å². The summed E-state index contributed by atoms with van der Waals surface area (Å²) in [5, 5.41) is 8.05. The molecule has 0 aliphatic carbocycles. The Labute approximate surface area is 168 Å². The van der Waals surface area contributed by atoms with Gasteiger partial charge in [-0.25, -0.2) is 4.79 Å². The Hall–Kier alpha value is -3.34. The zero-order valence-corrected chi connectivity index (χ0v) is 16.5. The number of ketones is 1. The van der Waals surface area contributed by atoms with Gasteiger partial charge in [0.05, 0.1) is 20.0 Å². The molecule has 0 saturated carbocycles. The Morgan fingerprint density at radius 1 is 1.17 bits per heavy atom. The number of hydrogen-bond acceptors (Lipinski definition) is 9. The van der Waals surface area contributed by atoms with E-state index in [-0.39, 0.29) is 23.3 Å². The largest absolute Gasteiger partial charge is 0.493 e. The molecule has 3 rings (SSSR count). The van der Waals surface area contributed by atoms with E-state index in [9.17, 15) is 14.4 Å². The lowest BCUT2D eigenvalue weighted by molar-refractivity contribution is 0.102. The van der Waals surface area contributed by atoms with Gasteiger partial charge in [-0.2, -0.15) is 0 Å². The number of carbonyl (C=O) groups excluding carboxylic acids is 1. The molecule has 1 aromatic carbocycles. The highest BCUT2D eigenvalue weighted by atomic mass is 32.2. The van der Waals surface area contributed by atoms with Crippen LogP contribution in [-0.4, -0.2) is 45.5 Å². The van der Waals surface area contributed by atoms with Crippen LogP contribution in [0.4, 0.5) is 0 Å². The minimum Gasteiger partial charge on any atom is -0.493 e. The number of carbonyl (C=O) groups is 1. The van der Waals surface area contributed by atoms with Crippen LogP contribution < -0.4 is 20.7 Å². The van der Waals surface area contributed by atoms with E-state index < -0.39 is 11.2 Å². The molecule has 0 unspecified atom stereocenters. The molecule has 152 valence electrons. The Balaban J connectivity index is 1.57. The first-order valence-electron chi connectivity index (χ1n) is 8.50. The van der Waals surface area contributed by atoms with Crippen LogP contribution in [0.2, 0.25) is 0 Å². The van der Waals surface area contributed by atoms with Gasteiger partial charge in [0.25, 0.3) is 10.8 Å². The molecule has 0 bridgehead atoms. The normalized spacial score (nSPS) is 10.7. The molecule has 11 heteroatoms. The third-order valence-electron chi connectivity index (χ3n) is 3.94. The molecule has 0 aliphatic rings. The summed E-state index contributed by atoms with van der Waals surface area (Å²) in [4.78, 5) is 37.3. The Kier molecular flexibility index (Phi) is 6.50. The maximum absolute atomic E-state index is 12.4. The van der Waals surface area contributed by atoms with E-state index in [0.29, 0.717) is 29.4 Å². The third-order valence-corrected chi connectivity index (χ3v) is 4.76. The van der Waals surface area contributed by atoms with E-state index in [2.05, 4.69) is 15.2 Å². The van der Waals surface area contributed by atoms with Crippen LogP contribution in [0, 0.1) is 0 Å². The Morgan fingerprint density at radius 2 is 1.97 bits per heavy atom. The number of aromatic nitrogens is 4. The van der Waals surface area contributed by atoms with Gasteiger partial charge in [-0.15, -0.1) is 10.2 Å². The fourth-order valence-electron chi connectivity index (χ4n) is 2.45. The zero-order chi connectivity index (χ0) is 20.8. The van der Waals surface area contributed by atoms with E-state index in [1.54, 1.807) is 18.2 Å². The van der Waals surface area contributed by atoms with Gasteiger partial charge in [-0.1, -0.05) is 11.8 Å². The zero-order valence-electron chi connectivity index (χ0n) is 15.7. The summed E-state index contributed by atoms with van der Waals surface area (Å²) in [6.45, 7) is 0.270. The summed E-state index contributed by atoms with van der Waals surface area (Å²) in [5.41, 5.74) is -0.485. The van der Waals surface area contributed by atoms with Crippen molar-refractivity contribution in [3.63, 3.8) is 0 Å². The number of hydrogen-bond donors (Lipinski definition) is 1. The van der Waals surface area contributed by atoms with Crippen LogP contribution in [0.5, 0.6) is 11.5 Å². The first kappa shape index (κ1) is 20.4. The molecular formula is C18H18N4O6S. The fraction of sp³-hybridized carbons (Fsp3) is 0.278. The van der Waals surface area contributed by atoms with Crippen molar-refractivity contribution in [1.29, 1.82) is 0 Å². The predicted molar refractivity (Wildman–Crippen MR) is 104 cm³/mol. The van der Waals surface area contributed by atoms with Gasteiger partial charge >= 0.3 is 5.69 Å². The van der Waals surface area contributed by atoms with Crippen molar-refractivity contribution < 1.29 is 18.7 Å². The summed E-state index contributed by atoms with van der Waals surface area (Å²) in [6.07, 6.45) is 1.71. The van der Waals surface area contributed by atoms with Crippen LogP contribution in [0.25, 0.3) is 0 Å². The Morgan fingerprint density at radius 3 is 2.69 bits per heavy atom. The number of aromatic amines is 1. The summed E-state index contributed by atoms with van der Waals surface area (Å²) in [5.74, 6) is 1.32. The smallest absolute Gasteiger partial charge is 0.328 e.